The first-order valence-corrected chi connectivity index (χ1v) is 9.89. The third kappa shape index (κ3) is 3.31. The van der Waals surface area contributed by atoms with Crippen molar-refractivity contribution in [1.29, 1.82) is 0 Å². The minimum Gasteiger partial charge on any atom is -0.465 e. The highest BCUT2D eigenvalue weighted by Gasteiger charge is 2.26. The molecule has 0 saturated carbocycles. The second-order valence-corrected chi connectivity index (χ2v) is 7.70. The van der Waals surface area contributed by atoms with Crippen LogP contribution in [0, 0.1) is 13.8 Å². The average Bonchev–Trinajstić information content (AvgIpc) is 3.33. The molecule has 0 fully saturated rings. The first-order chi connectivity index (χ1) is 13.6. The third-order valence-electron chi connectivity index (χ3n) is 4.83. The number of esters is 1. The van der Waals surface area contributed by atoms with Gasteiger partial charge in [0.25, 0.3) is 0 Å². The van der Waals surface area contributed by atoms with Gasteiger partial charge < -0.3 is 9.30 Å². The van der Waals surface area contributed by atoms with E-state index in [0.29, 0.717) is 5.56 Å². The summed E-state index contributed by atoms with van der Waals surface area (Å²) in [4.78, 5) is 11.7. The maximum absolute atomic E-state index is 11.7. The lowest BCUT2D eigenvalue weighted by molar-refractivity contribution is 0.0601. The number of aromatic nitrogens is 1. The second-order valence-electron chi connectivity index (χ2n) is 6.61. The molecule has 142 valence electrons. The van der Waals surface area contributed by atoms with Gasteiger partial charge in [-0.1, -0.05) is 42.1 Å². The zero-order valence-corrected chi connectivity index (χ0v) is 16.8. The van der Waals surface area contributed by atoms with Crippen molar-refractivity contribution in [3.8, 4) is 5.69 Å². The van der Waals surface area contributed by atoms with Gasteiger partial charge in [-0.05, 0) is 44.2 Å². The van der Waals surface area contributed by atoms with E-state index in [-0.39, 0.29) is 11.3 Å². The van der Waals surface area contributed by atoms with E-state index in [2.05, 4.69) is 47.1 Å². The number of benzene rings is 2. The molecule has 0 saturated heterocycles. The van der Waals surface area contributed by atoms with Crippen molar-refractivity contribution < 1.29 is 9.53 Å². The summed E-state index contributed by atoms with van der Waals surface area (Å²) in [5.74, 6) is -0.328. The van der Waals surface area contributed by atoms with Gasteiger partial charge in [-0.25, -0.2) is 4.79 Å². The van der Waals surface area contributed by atoms with E-state index in [9.17, 15) is 4.79 Å². The molecular weight excluding hydrogens is 370 g/mol. The quantitative estimate of drug-likeness (QED) is 0.662. The minimum absolute atomic E-state index is 0.0736. The van der Waals surface area contributed by atoms with Crippen LogP contribution in [-0.4, -0.2) is 22.7 Å². The highest BCUT2D eigenvalue weighted by atomic mass is 32.2. The molecule has 1 N–H and O–H groups in total. The standard InChI is InChI=1S/C22H21N3O2S/c1-14-13-19(21-24-23-20(28-21)16-7-5-4-6-8-16)15(2)25(14)18-11-9-17(10-12-18)22(26)27-3/h4-13,21,24H,1-3H3/t21-/m1/s1. The summed E-state index contributed by atoms with van der Waals surface area (Å²) in [6, 6.07) is 19.9. The lowest BCUT2D eigenvalue weighted by atomic mass is 10.2. The predicted octanol–water partition coefficient (Wildman–Crippen LogP) is 4.58. The molecule has 3 aromatic rings. The van der Waals surface area contributed by atoms with Crippen LogP contribution in [-0.2, 0) is 4.74 Å². The smallest absolute Gasteiger partial charge is 0.337 e. The lowest BCUT2D eigenvalue weighted by Gasteiger charge is -2.13. The average molecular weight is 391 g/mol. The molecule has 0 spiro atoms. The molecule has 0 aliphatic carbocycles. The van der Waals surface area contributed by atoms with Gasteiger partial charge in [0.15, 0.2) is 0 Å². The van der Waals surface area contributed by atoms with Crippen LogP contribution in [0.15, 0.2) is 65.8 Å². The number of carbonyl (C=O) groups excluding carboxylic acids is 1. The van der Waals surface area contributed by atoms with Crippen molar-refractivity contribution in [2.75, 3.05) is 7.11 Å². The van der Waals surface area contributed by atoms with E-state index in [1.165, 1.54) is 12.7 Å². The third-order valence-corrected chi connectivity index (χ3v) is 5.98. The van der Waals surface area contributed by atoms with E-state index >= 15 is 0 Å². The van der Waals surface area contributed by atoms with Crippen molar-refractivity contribution >= 4 is 22.8 Å². The number of nitrogens with zero attached hydrogens (tertiary/aromatic N) is 2. The molecule has 5 nitrogen and oxygen atoms in total. The van der Waals surface area contributed by atoms with Crippen LogP contribution >= 0.6 is 11.8 Å². The number of rotatable bonds is 4. The van der Waals surface area contributed by atoms with E-state index in [1.807, 2.05) is 30.3 Å². The highest BCUT2D eigenvalue weighted by molar-refractivity contribution is 8.14. The normalized spacial score (nSPS) is 15.8. The molecule has 0 radical (unpaired) electrons. The maximum Gasteiger partial charge on any atom is 0.337 e. The number of carbonyl (C=O) groups is 1. The molecule has 1 aliphatic rings. The molecular formula is C22H21N3O2S. The first kappa shape index (κ1) is 18.4. The fourth-order valence-electron chi connectivity index (χ4n) is 3.44. The summed E-state index contributed by atoms with van der Waals surface area (Å²) < 4.78 is 6.97. The molecule has 4 rings (SSSR count). The second kappa shape index (κ2) is 7.56. The van der Waals surface area contributed by atoms with Gasteiger partial charge in [0.2, 0.25) is 0 Å². The summed E-state index contributed by atoms with van der Waals surface area (Å²) in [7, 11) is 1.39. The summed E-state index contributed by atoms with van der Waals surface area (Å²) in [6.45, 7) is 4.20. The van der Waals surface area contributed by atoms with Gasteiger partial charge in [-0.15, -0.1) is 0 Å². The largest absolute Gasteiger partial charge is 0.465 e. The van der Waals surface area contributed by atoms with Crippen LogP contribution < -0.4 is 5.43 Å². The Labute approximate surface area is 168 Å². The number of hydrazone groups is 1. The van der Waals surface area contributed by atoms with Crippen LogP contribution in [0.5, 0.6) is 0 Å². The van der Waals surface area contributed by atoms with Gasteiger partial charge in [0.1, 0.15) is 10.4 Å². The van der Waals surface area contributed by atoms with E-state index in [4.69, 9.17) is 4.74 Å². The Morgan fingerprint density at radius 3 is 2.50 bits per heavy atom. The molecule has 0 unspecified atom stereocenters. The number of thioether (sulfide) groups is 1. The Morgan fingerprint density at radius 1 is 1.11 bits per heavy atom. The van der Waals surface area contributed by atoms with Crippen molar-refractivity contribution in [3.63, 3.8) is 0 Å². The molecule has 28 heavy (non-hydrogen) atoms. The van der Waals surface area contributed by atoms with Crippen molar-refractivity contribution in [1.82, 2.24) is 9.99 Å². The zero-order chi connectivity index (χ0) is 19.7. The number of methoxy groups -OCH3 is 1. The number of nitrogens with one attached hydrogen (secondary N) is 1. The summed E-state index contributed by atoms with van der Waals surface area (Å²) in [5.41, 5.74) is 9.43. The Bertz CT molecular complexity index is 1040. The molecule has 6 heteroatoms. The summed E-state index contributed by atoms with van der Waals surface area (Å²) in [5, 5.41) is 5.60. The van der Waals surface area contributed by atoms with E-state index in [0.717, 1.165) is 27.7 Å². The van der Waals surface area contributed by atoms with Crippen LogP contribution in [0.3, 0.4) is 0 Å². The Balaban J connectivity index is 1.59. The first-order valence-electron chi connectivity index (χ1n) is 9.01. The Morgan fingerprint density at radius 2 is 1.82 bits per heavy atom. The number of hydrogen-bond donors (Lipinski definition) is 1. The molecule has 1 atom stereocenters. The number of aryl methyl sites for hydroxylation is 1. The van der Waals surface area contributed by atoms with Crippen molar-refractivity contribution in [2.45, 2.75) is 19.2 Å². The van der Waals surface area contributed by atoms with Crippen LogP contribution in [0.1, 0.15) is 38.2 Å². The topological polar surface area (TPSA) is 55.6 Å². The van der Waals surface area contributed by atoms with Gasteiger partial charge >= 0.3 is 5.97 Å². The lowest BCUT2D eigenvalue weighted by Crippen LogP contribution is -2.08. The fraction of sp³-hybridized carbons (Fsp3) is 0.182. The number of hydrogen-bond acceptors (Lipinski definition) is 5. The zero-order valence-electron chi connectivity index (χ0n) is 16.0. The predicted molar refractivity (Wildman–Crippen MR) is 113 cm³/mol. The highest BCUT2D eigenvalue weighted by Crippen LogP contribution is 2.37. The van der Waals surface area contributed by atoms with E-state index < -0.39 is 0 Å². The van der Waals surface area contributed by atoms with Crippen molar-refractivity contribution in [2.24, 2.45) is 5.10 Å². The van der Waals surface area contributed by atoms with Crippen LogP contribution in [0.2, 0.25) is 0 Å². The molecule has 1 aliphatic heterocycles. The van der Waals surface area contributed by atoms with Gasteiger partial charge in [-0.3, -0.25) is 5.43 Å². The Kier molecular flexibility index (Phi) is 4.96. The maximum atomic E-state index is 11.7. The van der Waals surface area contributed by atoms with E-state index in [1.54, 1.807) is 23.9 Å². The Hall–Kier alpha value is -2.99. The van der Waals surface area contributed by atoms with Crippen LogP contribution in [0.25, 0.3) is 5.69 Å². The summed E-state index contributed by atoms with van der Waals surface area (Å²) in [6.07, 6.45) is 0. The molecule has 2 heterocycles. The molecule has 1 aromatic heterocycles. The molecule has 0 bridgehead atoms. The minimum atomic E-state index is -0.328. The summed E-state index contributed by atoms with van der Waals surface area (Å²) >= 11 is 1.72. The molecule has 2 aromatic carbocycles. The van der Waals surface area contributed by atoms with Gasteiger partial charge in [0.05, 0.1) is 12.7 Å². The van der Waals surface area contributed by atoms with Crippen molar-refractivity contribution in [3.05, 3.63) is 88.7 Å². The molecule has 0 amide bonds. The SMILES string of the molecule is COC(=O)c1ccc(-n2c(C)cc([C@@H]3NN=C(c4ccccc4)S3)c2C)cc1. The number of ether oxygens (including phenoxy) is 1. The monoisotopic (exact) mass is 391 g/mol. The van der Waals surface area contributed by atoms with Crippen LogP contribution in [0.4, 0.5) is 0 Å². The van der Waals surface area contributed by atoms with Gasteiger partial charge in [-0.2, -0.15) is 5.10 Å². The fourth-order valence-corrected chi connectivity index (χ4v) is 4.51. The van der Waals surface area contributed by atoms with Gasteiger partial charge in [0, 0.05) is 28.2 Å².